The van der Waals surface area contributed by atoms with Crippen molar-refractivity contribution in [1.29, 1.82) is 0 Å². The Morgan fingerprint density at radius 1 is 1.40 bits per heavy atom. The van der Waals surface area contributed by atoms with E-state index in [2.05, 4.69) is 19.2 Å². The molecule has 1 amide bonds. The average Bonchev–Trinajstić information content (AvgIpc) is 2.81. The van der Waals surface area contributed by atoms with E-state index in [0.717, 1.165) is 25.9 Å². The minimum atomic E-state index is -0.407. The van der Waals surface area contributed by atoms with Crippen molar-refractivity contribution in [3.63, 3.8) is 0 Å². The van der Waals surface area contributed by atoms with Gasteiger partial charge in [0.05, 0.1) is 0 Å². The van der Waals surface area contributed by atoms with Crippen LogP contribution >= 0.6 is 0 Å². The van der Waals surface area contributed by atoms with Gasteiger partial charge in [0, 0.05) is 25.2 Å². The lowest BCUT2D eigenvalue weighted by Crippen LogP contribution is -2.41. The number of unbranched alkanes of at least 4 members (excludes halogenated alkanes) is 1. The monoisotopic (exact) mass is 284 g/mol. The number of nitrogens with one attached hydrogen (secondary N) is 1. The highest BCUT2D eigenvalue weighted by atomic mass is 16.6. The van der Waals surface area contributed by atoms with Crippen LogP contribution in [-0.2, 0) is 4.74 Å². The quantitative estimate of drug-likeness (QED) is 0.811. The lowest BCUT2D eigenvalue weighted by atomic mass is 10.1. The Balaban J connectivity index is 2.37. The molecule has 0 aromatic rings. The third kappa shape index (κ3) is 6.12. The topological polar surface area (TPSA) is 41.6 Å². The van der Waals surface area contributed by atoms with Crippen molar-refractivity contribution >= 4 is 6.09 Å². The molecule has 0 aromatic carbocycles. The molecule has 20 heavy (non-hydrogen) atoms. The largest absolute Gasteiger partial charge is 0.444 e. The van der Waals surface area contributed by atoms with Crippen LogP contribution in [0.4, 0.5) is 4.79 Å². The van der Waals surface area contributed by atoms with Crippen molar-refractivity contribution in [1.82, 2.24) is 10.2 Å². The first-order valence-corrected chi connectivity index (χ1v) is 8.09. The lowest BCUT2D eigenvalue weighted by Gasteiger charge is -2.25. The van der Waals surface area contributed by atoms with Gasteiger partial charge in [-0.25, -0.2) is 4.79 Å². The molecule has 1 rings (SSSR count). The number of rotatable bonds is 6. The van der Waals surface area contributed by atoms with E-state index in [-0.39, 0.29) is 6.09 Å². The summed E-state index contributed by atoms with van der Waals surface area (Å²) in [6, 6.07) is 1.00. The number of carbonyl (C=O) groups is 1. The molecular formula is C16H32N2O2. The first kappa shape index (κ1) is 17.3. The third-order valence-corrected chi connectivity index (χ3v) is 3.71. The Kier molecular flexibility index (Phi) is 6.80. The van der Waals surface area contributed by atoms with Crippen molar-refractivity contribution in [3.8, 4) is 0 Å². The fraction of sp³-hybridized carbons (Fsp3) is 0.938. The number of carbonyl (C=O) groups excluding carboxylic acids is 1. The predicted molar refractivity (Wildman–Crippen MR) is 83.0 cm³/mol. The zero-order chi connectivity index (χ0) is 15.2. The molecule has 2 atom stereocenters. The molecule has 0 spiro atoms. The Labute approximate surface area is 124 Å². The zero-order valence-corrected chi connectivity index (χ0v) is 13.9. The van der Waals surface area contributed by atoms with Crippen LogP contribution in [0.15, 0.2) is 0 Å². The molecule has 0 aromatic heterocycles. The molecule has 0 aliphatic carbocycles. The van der Waals surface area contributed by atoms with E-state index in [0.29, 0.717) is 12.1 Å². The van der Waals surface area contributed by atoms with Crippen LogP contribution in [0.1, 0.15) is 66.7 Å². The van der Waals surface area contributed by atoms with Crippen molar-refractivity contribution in [3.05, 3.63) is 0 Å². The molecule has 0 bridgehead atoms. The smallest absolute Gasteiger partial charge is 0.410 e. The second-order valence-corrected chi connectivity index (χ2v) is 6.83. The minimum Gasteiger partial charge on any atom is -0.444 e. The summed E-state index contributed by atoms with van der Waals surface area (Å²) in [6.07, 6.45) is 5.75. The van der Waals surface area contributed by atoms with Crippen molar-refractivity contribution < 1.29 is 9.53 Å². The second-order valence-electron chi connectivity index (χ2n) is 6.83. The van der Waals surface area contributed by atoms with Gasteiger partial charge in [-0.1, -0.05) is 26.7 Å². The third-order valence-electron chi connectivity index (χ3n) is 3.71. The van der Waals surface area contributed by atoms with Crippen LogP contribution in [0, 0.1) is 0 Å². The molecule has 1 fully saturated rings. The normalized spacial score (nSPS) is 21.1. The summed E-state index contributed by atoms with van der Waals surface area (Å²) in [6.45, 7) is 11.8. The van der Waals surface area contributed by atoms with E-state index in [9.17, 15) is 4.79 Å². The van der Waals surface area contributed by atoms with Crippen LogP contribution in [0.5, 0.6) is 0 Å². The highest BCUT2D eigenvalue weighted by molar-refractivity contribution is 5.68. The number of hydrogen-bond acceptors (Lipinski definition) is 3. The van der Waals surface area contributed by atoms with Gasteiger partial charge in [-0.2, -0.15) is 0 Å². The fourth-order valence-corrected chi connectivity index (χ4v) is 2.58. The minimum absolute atomic E-state index is 0.177. The van der Waals surface area contributed by atoms with Crippen LogP contribution < -0.4 is 5.32 Å². The predicted octanol–water partition coefficient (Wildman–Crippen LogP) is 3.55. The Bertz CT molecular complexity index is 299. The molecule has 4 nitrogen and oxygen atoms in total. The number of likely N-dealkylation sites (tertiary alicyclic amines) is 1. The molecular weight excluding hydrogens is 252 g/mol. The highest BCUT2D eigenvalue weighted by Gasteiger charge is 2.30. The fourth-order valence-electron chi connectivity index (χ4n) is 2.58. The molecule has 1 heterocycles. The Hall–Kier alpha value is -0.770. The highest BCUT2D eigenvalue weighted by Crippen LogP contribution is 2.16. The number of ether oxygens (including phenoxy) is 1. The van der Waals surface area contributed by atoms with Gasteiger partial charge in [0.15, 0.2) is 0 Å². The van der Waals surface area contributed by atoms with E-state index in [1.807, 2.05) is 25.7 Å². The van der Waals surface area contributed by atoms with E-state index in [1.54, 1.807) is 0 Å². The Morgan fingerprint density at radius 2 is 2.10 bits per heavy atom. The maximum atomic E-state index is 12.0. The summed E-state index contributed by atoms with van der Waals surface area (Å²) >= 11 is 0. The number of nitrogens with zero attached hydrogens (tertiary/aromatic N) is 1. The molecule has 118 valence electrons. The first-order chi connectivity index (χ1) is 9.35. The molecule has 2 unspecified atom stereocenters. The maximum absolute atomic E-state index is 12.0. The van der Waals surface area contributed by atoms with E-state index < -0.39 is 5.60 Å². The van der Waals surface area contributed by atoms with Crippen LogP contribution in [0.3, 0.4) is 0 Å². The van der Waals surface area contributed by atoms with Crippen LogP contribution in [0.2, 0.25) is 0 Å². The SMILES string of the molecule is CCCCC(CC)NC1CCN(C(=O)OC(C)(C)C)C1. The first-order valence-electron chi connectivity index (χ1n) is 8.09. The average molecular weight is 284 g/mol. The van der Waals surface area contributed by atoms with E-state index >= 15 is 0 Å². The van der Waals surface area contributed by atoms with Gasteiger partial charge >= 0.3 is 6.09 Å². The molecule has 1 N–H and O–H groups in total. The van der Waals surface area contributed by atoms with Gasteiger partial charge < -0.3 is 15.0 Å². The summed E-state index contributed by atoms with van der Waals surface area (Å²) in [7, 11) is 0. The lowest BCUT2D eigenvalue weighted by molar-refractivity contribution is 0.0290. The summed E-state index contributed by atoms with van der Waals surface area (Å²) in [5, 5.41) is 3.70. The van der Waals surface area contributed by atoms with Crippen molar-refractivity contribution in [2.75, 3.05) is 13.1 Å². The molecule has 1 aliphatic heterocycles. The summed E-state index contributed by atoms with van der Waals surface area (Å²) < 4.78 is 5.43. The summed E-state index contributed by atoms with van der Waals surface area (Å²) in [5.41, 5.74) is -0.407. The maximum Gasteiger partial charge on any atom is 0.410 e. The van der Waals surface area contributed by atoms with Crippen LogP contribution in [0.25, 0.3) is 0 Å². The zero-order valence-electron chi connectivity index (χ0n) is 13.9. The van der Waals surface area contributed by atoms with Gasteiger partial charge in [0.1, 0.15) is 5.60 Å². The molecule has 0 saturated carbocycles. The van der Waals surface area contributed by atoms with Gasteiger partial charge in [-0.15, -0.1) is 0 Å². The molecule has 1 aliphatic rings. The number of amides is 1. The summed E-state index contributed by atoms with van der Waals surface area (Å²) in [5.74, 6) is 0. The number of hydrogen-bond donors (Lipinski definition) is 1. The van der Waals surface area contributed by atoms with Crippen molar-refractivity contribution in [2.24, 2.45) is 0 Å². The second kappa shape index (κ2) is 7.87. The van der Waals surface area contributed by atoms with Crippen molar-refractivity contribution in [2.45, 2.75) is 84.4 Å². The van der Waals surface area contributed by atoms with E-state index in [1.165, 1.54) is 19.3 Å². The van der Waals surface area contributed by atoms with Gasteiger partial charge in [-0.3, -0.25) is 0 Å². The van der Waals surface area contributed by atoms with E-state index in [4.69, 9.17) is 4.74 Å². The standard InChI is InChI=1S/C16H32N2O2/c1-6-8-9-13(7-2)17-14-10-11-18(12-14)15(19)20-16(3,4)5/h13-14,17H,6-12H2,1-5H3. The van der Waals surface area contributed by atoms with Gasteiger partial charge in [-0.05, 0) is 40.0 Å². The summed E-state index contributed by atoms with van der Waals surface area (Å²) in [4.78, 5) is 13.8. The molecule has 0 radical (unpaired) electrons. The van der Waals surface area contributed by atoms with Gasteiger partial charge in [0.25, 0.3) is 0 Å². The van der Waals surface area contributed by atoms with Crippen LogP contribution in [-0.4, -0.2) is 41.8 Å². The Morgan fingerprint density at radius 3 is 2.65 bits per heavy atom. The van der Waals surface area contributed by atoms with Gasteiger partial charge in [0.2, 0.25) is 0 Å². The molecule has 1 saturated heterocycles. The molecule has 4 heteroatoms.